The number of rotatable bonds is 2. The van der Waals surface area contributed by atoms with Crippen LogP contribution >= 0.6 is 23.2 Å². The second-order valence-electron chi connectivity index (χ2n) is 5.14. The van der Waals surface area contributed by atoms with Gasteiger partial charge in [0.05, 0.1) is 16.5 Å². The van der Waals surface area contributed by atoms with Gasteiger partial charge in [-0.15, -0.1) is 0 Å². The summed E-state index contributed by atoms with van der Waals surface area (Å²) in [5.41, 5.74) is 0.0932. The summed E-state index contributed by atoms with van der Waals surface area (Å²) in [5.74, 6) is -2.13. The Morgan fingerprint density at radius 3 is 2.52 bits per heavy atom. The zero-order valence-corrected chi connectivity index (χ0v) is 12.5. The Balaban J connectivity index is 2.15. The zero-order valence-electron chi connectivity index (χ0n) is 11.0. The highest BCUT2D eigenvalue weighted by Crippen LogP contribution is 2.38. The molecule has 0 radical (unpaired) electrons. The topological polar surface area (TPSA) is 29.1 Å². The first-order valence-corrected chi connectivity index (χ1v) is 7.37. The molecular weight excluding hydrogens is 326 g/mol. The van der Waals surface area contributed by atoms with E-state index >= 15 is 0 Å². The van der Waals surface area contributed by atoms with Crippen LogP contribution in [0.15, 0.2) is 18.2 Å². The first-order valence-electron chi connectivity index (χ1n) is 6.61. The Hall–Kier alpha value is -0.940. The summed E-state index contributed by atoms with van der Waals surface area (Å²) in [7, 11) is 0. The van der Waals surface area contributed by atoms with E-state index < -0.39 is 24.0 Å². The molecule has 0 bridgehead atoms. The fourth-order valence-corrected chi connectivity index (χ4v) is 2.99. The second-order valence-corrected chi connectivity index (χ2v) is 5.98. The van der Waals surface area contributed by atoms with Crippen LogP contribution in [0.1, 0.15) is 36.0 Å². The molecule has 7 heteroatoms. The van der Waals surface area contributed by atoms with Crippen LogP contribution in [0.25, 0.3) is 0 Å². The number of carbonyl (C=O) groups excluding carboxylic acids is 1. The maximum Gasteiger partial charge on any atom is 0.393 e. The SMILES string of the molecule is O=C(N[C@H]1CCCC[C@@H]1C(F)(F)F)c1cc(Cl)ccc1Cl. The average molecular weight is 340 g/mol. The van der Waals surface area contributed by atoms with E-state index in [1.54, 1.807) is 0 Å². The summed E-state index contributed by atoms with van der Waals surface area (Å²) in [6.45, 7) is 0. The van der Waals surface area contributed by atoms with Gasteiger partial charge < -0.3 is 5.32 Å². The Morgan fingerprint density at radius 2 is 1.86 bits per heavy atom. The van der Waals surface area contributed by atoms with Crippen molar-refractivity contribution < 1.29 is 18.0 Å². The second kappa shape index (κ2) is 6.44. The molecule has 2 nitrogen and oxygen atoms in total. The van der Waals surface area contributed by atoms with E-state index in [-0.39, 0.29) is 17.0 Å². The lowest BCUT2D eigenvalue weighted by Crippen LogP contribution is -2.47. The normalized spacial score (nSPS) is 22.9. The number of hydrogen-bond donors (Lipinski definition) is 1. The van der Waals surface area contributed by atoms with Crippen molar-refractivity contribution in [2.45, 2.75) is 37.9 Å². The highest BCUT2D eigenvalue weighted by Gasteiger charge is 2.46. The van der Waals surface area contributed by atoms with Crippen LogP contribution in [-0.2, 0) is 0 Å². The van der Waals surface area contributed by atoms with Gasteiger partial charge in [-0.25, -0.2) is 0 Å². The summed E-state index contributed by atoms with van der Waals surface area (Å²) in [4.78, 5) is 12.1. The molecule has 0 heterocycles. The van der Waals surface area contributed by atoms with Gasteiger partial charge in [-0.1, -0.05) is 36.0 Å². The van der Waals surface area contributed by atoms with Gasteiger partial charge in [-0.05, 0) is 31.0 Å². The van der Waals surface area contributed by atoms with Crippen molar-refractivity contribution in [3.8, 4) is 0 Å². The number of amides is 1. The lowest BCUT2D eigenvalue weighted by Gasteiger charge is -2.33. The smallest absolute Gasteiger partial charge is 0.349 e. The standard InChI is InChI=1S/C14H14Cl2F3NO/c15-8-5-6-11(16)9(7-8)13(21)20-12-4-2-1-3-10(12)14(17,18)19/h5-7,10,12H,1-4H2,(H,20,21)/t10-,12-/m0/s1. The number of hydrogen-bond acceptors (Lipinski definition) is 1. The Kier molecular flexibility index (Phi) is 5.04. The molecule has 1 aromatic carbocycles. The van der Waals surface area contributed by atoms with Crippen molar-refractivity contribution in [1.82, 2.24) is 5.32 Å². The third kappa shape index (κ3) is 4.04. The van der Waals surface area contributed by atoms with E-state index in [9.17, 15) is 18.0 Å². The molecule has 1 aliphatic rings. The highest BCUT2D eigenvalue weighted by atomic mass is 35.5. The first kappa shape index (κ1) is 16.4. The molecule has 0 aliphatic heterocycles. The molecule has 1 aromatic rings. The third-order valence-corrected chi connectivity index (χ3v) is 4.24. The van der Waals surface area contributed by atoms with Crippen molar-refractivity contribution >= 4 is 29.1 Å². The number of alkyl halides is 3. The summed E-state index contributed by atoms with van der Waals surface area (Å²) in [6, 6.07) is 3.40. The van der Waals surface area contributed by atoms with Crippen LogP contribution in [0.2, 0.25) is 10.0 Å². The molecule has 0 aromatic heterocycles. The molecule has 1 saturated carbocycles. The maximum absolute atomic E-state index is 13.0. The largest absolute Gasteiger partial charge is 0.393 e. The van der Waals surface area contributed by atoms with E-state index in [0.29, 0.717) is 24.3 Å². The van der Waals surface area contributed by atoms with E-state index in [2.05, 4.69) is 5.32 Å². The number of carbonyl (C=O) groups is 1. The van der Waals surface area contributed by atoms with Crippen LogP contribution in [-0.4, -0.2) is 18.1 Å². The van der Waals surface area contributed by atoms with Crippen LogP contribution in [0, 0.1) is 5.92 Å². The molecule has 0 unspecified atom stereocenters. The van der Waals surface area contributed by atoms with Crippen LogP contribution in [0.5, 0.6) is 0 Å². The number of nitrogens with one attached hydrogen (secondary N) is 1. The fourth-order valence-electron chi connectivity index (χ4n) is 2.61. The fraction of sp³-hybridized carbons (Fsp3) is 0.500. The van der Waals surface area contributed by atoms with Crippen molar-refractivity contribution in [1.29, 1.82) is 0 Å². The van der Waals surface area contributed by atoms with Gasteiger partial charge in [0.15, 0.2) is 0 Å². The third-order valence-electron chi connectivity index (χ3n) is 3.68. The quantitative estimate of drug-likeness (QED) is 0.820. The maximum atomic E-state index is 13.0. The van der Waals surface area contributed by atoms with Crippen molar-refractivity contribution in [3.63, 3.8) is 0 Å². The minimum Gasteiger partial charge on any atom is -0.349 e. The van der Waals surface area contributed by atoms with Crippen LogP contribution in [0.3, 0.4) is 0 Å². The molecule has 21 heavy (non-hydrogen) atoms. The predicted molar refractivity (Wildman–Crippen MR) is 75.7 cm³/mol. The molecule has 1 N–H and O–H groups in total. The van der Waals surface area contributed by atoms with E-state index in [1.165, 1.54) is 18.2 Å². The molecule has 1 amide bonds. The van der Waals surface area contributed by atoms with Crippen molar-refractivity contribution in [2.75, 3.05) is 0 Å². The molecule has 0 saturated heterocycles. The van der Waals surface area contributed by atoms with Gasteiger partial charge in [0.2, 0.25) is 0 Å². The zero-order chi connectivity index (χ0) is 15.6. The van der Waals surface area contributed by atoms with Crippen LogP contribution in [0.4, 0.5) is 13.2 Å². The number of benzene rings is 1. The van der Waals surface area contributed by atoms with Crippen molar-refractivity contribution in [2.24, 2.45) is 5.92 Å². The highest BCUT2D eigenvalue weighted by molar-refractivity contribution is 6.35. The lowest BCUT2D eigenvalue weighted by atomic mass is 9.84. The van der Waals surface area contributed by atoms with Gasteiger partial charge in [0.1, 0.15) is 0 Å². The van der Waals surface area contributed by atoms with Crippen molar-refractivity contribution in [3.05, 3.63) is 33.8 Å². The minimum absolute atomic E-state index is 0.0394. The van der Waals surface area contributed by atoms with E-state index in [1.807, 2.05) is 0 Å². The lowest BCUT2D eigenvalue weighted by molar-refractivity contribution is -0.187. The average Bonchev–Trinajstić information content (AvgIpc) is 2.41. The van der Waals surface area contributed by atoms with Gasteiger partial charge in [0, 0.05) is 11.1 Å². The van der Waals surface area contributed by atoms with E-state index in [4.69, 9.17) is 23.2 Å². The number of halogens is 5. The minimum atomic E-state index is -4.31. The molecule has 116 valence electrons. The Labute approximate surface area is 130 Å². The molecule has 1 fully saturated rings. The molecular formula is C14H14Cl2F3NO. The van der Waals surface area contributed by atoms with Gasteiger partial charge >= 0.3 is 6.18 Å². The molecule has 2 rings (SSSR count). The molecule has 1 aliphatic carbocycles. The molecule has 0 spiro atoms. The summed E-state index contributed by atoms with van der Waals surface area (Å²) < 4.78 is 39.0. The first-order chi connectivity index (χ1) is 9.79. The van der Waals surface area contributed by atoms with E-state index in [0.717, 1.165) is 0 Å². The summed E-state index contributed by atoms with van der Waals surface area (Å²) in [6.07, 6.45) is -2.77. The van der Waals surface area contributed by atoms with Gasteiger partial charge in [0.25, 0.3) is 5.91 Å². The van der Waals surface area contributed by atoms with Gasteiger partial charge in [-0.3, -0.25) is 4.79 Å². The predicted octanol–water partition coefficient (Wildman–Crippen LogP) is 4.84. The summed E-state index contributed by atoms with van der Waals surface area (Å²) >= 11 is 11.7. The van der Waals surface area contributed by atoms with Crippen LogP contribution < -0.4 is 5.32 Å². The summed E-state index contributed by atoms with van der Waals surface area (Å²) in [5, 5.41) is 2.93. The Bertz CT molecular complexity index is 533. The van der Waals surface area contributed by atoms with Gasteiger partial charge in [-0.2, -0.15) is 13.2 Å². The monoisotopic (exact) mass is 339 g/mol. The molecule has 2 atom stereocenters. The Morgan fingerprint density at radius 1 is 1.19 bits per heavy atom.